The van der Waals surface area contributed by atoms with Crippen molar-refractivity contribution in [2.45, 2.75) is 26.7 Å². The van der Waals surface area contributed by atoms with E-state index in [1.54, 1.807) is 0 Å². The highest BCUT2D eigenvalue weighted by molar-refractivity contribution is 5.93. The van der Waals surface area contributed by atoms with E-state index in [0.29, 0.717) is 29.5 Å². The van der Waals surface area contributed by atoms with Crippen LogP contribution >= 0.6 is 0 Å². The van der Waals surface area contributed by atoms with Gasteiger partial charge in [-0.25, -0.2) is 0 Å². The quantitative estimate of drug-likeness (QED) is 0.612. The standard InChI is InChI=1S/C13H18O/c1-4-8(2)12-6-10-5-11(14)7-13(10)9(12)3/h4-5,8-9,12-13H,1,6-7H2,2-3H3/t8-,9+,12-,13+/m0/s1. The summed E-state index contributed by atoms with van der Waals surface area (Å²) in [7, 11) is 0. The first-order valence-electron chi connectivity index (χ1n) is 5.49. The third-order valence-corrected chi connectivity index (χ3v) is 4.07. The second-order valence-electron chi connectivity index (χ2n) is 4.82. The molecule has 1 saturated carbocycles. The van der Waals surface area contributed by atoms with Crippen molar-refractivity contribution in [2.75, 3.05) is 0 Å². The summed E-state index contributed by atoms with van der Waals surface area (Å²) in [5.41, 5.74) is 1.40. The lowest BCUT2D eigenvalue weighted by atomic mass is 9.82. The van der Waals surface area contributed by atoms with Crippen LogP contribution in [0.5, 0.6) is 0 Å². The Morgan fingerprint density at radius 2 is 2.29 bits per heavy atom. The first kappa shape index (κ1) is 9.70. The van der Waals surface area contributed by atoms with E-state index in [2.05, 4.69) is 20.4 Å². The molecule has 2 aliphatic carbocycles. The molecule has 0 unspecified atom stereocenters. The van der Waals surface area contributed by atoms with Gasteiger partial charge in [-0.15, -0.1) is 6.58 Å². The minimum Gasteiger partial charge on any atom is -0.295 e. The van der Waals surface area contributed by atoms with Gasteiger partial charge >= 0.3 is 0 Å². The number of hydrogen-bond acceptors (Lipinski definition) is 1. The molecule has 0 amide bonds. The number of carbonyl (C=O) groups is 1. The Hall–Kier alpha value is -0.850. The van der Waals surface area contributed by atoms with Crippen LogP contribution in [0.15, 0.2) is 24.3 Å². The Morgan fingerprint density at radius 1 is 1.57 bits per heavy atom. The van der Waals surface area contributed by atoms with Gasteiger partial charge in [-0.2, -0.15) is 0 Å². The van der Waals surface area contributed by atoms with Crippen molar-refractivity contribution in [1.29, 1.82) is 0 Å². The summed E-state index contributed by atoms with van der Waals surface area (Å²) in [6, 6.07) is 0. The lowest BCUT2D eigenvalue weighted by Crippen LogP contribution is -2.17. The summed E-state index contributed by atoms with van der Waals surface area (Å²) in [5.74, 6) is 2.82. The Balaban J connectivity index is 2.18. The third-order valence-electron chi connectivity index (χ3n) is 4.07. The van der Waals surface area contributed by atoms with Crippen molar-refractivity contribution in [3.8, 4) is 0 Å². The second kappa shape index (κ2) is 3.38. The zero-order valence-corrected chi connectivity index (χ0v) is 8.99. The van der Waals surface area contributed by atoms with Gasteiger partial charge in [-0.3, -0.25) is 4.79 Å². The molecule has 76 valence electrons. The van der Waals surface area contributed by atoms with Crippen LogP contribution in [0, 0.1) is 23.7 Å². The summed E-state index contributed by atoms with van der Waals surface area (Å²) in [6.45, 7) is 8.38. The van der Waals surface area contributed by atoms with E-state index in [9.17, 15) is 4.79 Å². The molecule has 1 fully saturated rings. The smallest absolute Gasteiger partial charge is 0.156 e. The number of fused-ring (bicyclic) bond motifs is 1. The summed E-state index contributed by atoms with van der Waals surface area (Å²) >= 11 is 0. The van der Waals surface area contributed by atoms with Crippen LogP contribution in [0.4, 0.5) is 0 Å². The molecule has 2 rings (SSSR count). The van der Waals surface area contributed by atoms with Crippen molar-refractivity contribution >= 4 is 5.78 Å². The molecule has 1 nitrogen and oxygen atoms in total. The molecule has 2 aliphatic rings. The van der Waals surface area contributed by atoms with Gasteiger partial charge in [0.1, 0.15) is 0 Å². The van der Waals surface area contributed by atoms with Crippen molar-refractivity contribution in [3.05, 3.63) is 24.3 Å². The average molecular weight is 190 g/mol. The Labute approximate surface area is 85.9 Å². The zero-order chi connectivity index (χ0) is 10.3. The van der Waals surface area contributed by atoms with Gasteiger partial charge in [0.05, 0.1) is 0 Å². The summed E-state index contributed by atoms with van der Waals surface area (Å²) in [6.07, 6.45) is 5.81. The molecule has 14 heavy (non-hydrogen) atoms. The van der Waals surface area contributed by atoms with E-state index in [-0.39, 0.29) is 0 Å². The maximum absolute atomic E-state index is 11.3. The molecule has 0 radical (unpaired) electrons. The molecule has 0 N–H and O–H groups in total. The predicted octanol–water partition coefficient (Wildman–Crippen LogP) is 2.98. The van der Waals surface area contributed by atoms with Gasteiger partial charge in [-0.1, -0.05) is 25.5 Å². The van der Waals surface area contributed by atoms with Gasteiger partial charge in [0.25, 0.3) is 0 Å². The van der Waals surface area contributed by atoms with E-state index < -0.39 is 0 Å². The minimum absolute atomic E-state index is 0.335. The van der Waals surface area contributed by atoms with E-state index in [1.165, 1.54) is 5.57 Å². The maximum atomic E-state index is 11.3. The fourth-order valence-electron chi connectivity index (χ4n) is 3.05. The van der Waals surface area contributed by atoms with Crippen molar-refractivity contribution < 1.29 is 4.79 Å². The topological polar surface area (TPSA) is 17.1 Å². The monoisotopic (exact) mass is 190 g/mol. The Bertz CT molecular complexity index is 300. The minimum atomic E-state index is 0.335. The molecule has 0 saturated heterocycles. The van der Waals surface area contributed by atoms with Crippen molar-refractivity contribution in [2.24, 2.45) is 23.7 Å². The van der Waals surface area contributed by atoms with Crippen LogP contribution in [-0.2, 0) is 4.79 Å². The lowest BCUT2D eigenvalue weighted by Gasteiger charge is -2.22. The molecule has 0 aromatic heterocycles. The van der Waals surface area contributed by atoms with Crippen molar-refractivity contribution in [3.63, 3.8) is 0 Å². The zero-order valence-electron chi connectivity index (χ0n) is 8.99. The summed E-state index contributed by atoms with van der Waals surface area (Å²) in [4.78, 5) is 11.3. The fraction of sp³-hybridized carbons (Fsp3) is 0.615. The van der Waals surface area contributed by atoms with Crippen LogP contribution < -0.4 is 0 Å². The van der Waals surface area contributed by atoms with E-state index in [1.807, 2.05) is 12.2 Å². The van der Waals surface area contributed by atoms with Gasteiger partial charge in [-0.05, 0) is 36.2 Å². The Kier molecular flexibility index (Phi) is 2.34. The van der Waals surface area contributed by atoms with Gasteiger partial charge in [0, 0.05) is 6.42 Å². The van der Waals surface area contributed by atoms with E-state index >= 15 is 0 Å². The molecule has 0 aromatic rings. The van der Waals surface area contributed by atoms with Gasteiger partial charge in [0.15, 0.2) is 5.78 Å². The van der Waals surface area contributed by atoms with Crippen molar-refractivity contribution in [1.82, 2.24) is 0 Å². The molecule has 0 bridgehead atoms. The van der Waals surface area contributed by atoms with Crippen LogP contribution in [0.25, 0.3) is 0 Å². The fourth-order valence-corrected chi connectivity index (χ4v) is 3.05. The number of carbonyl (C=O) groups excluding carboxylic acids is 1. The van der Waals surface area contributed by atoms with Crippen LogP contribution in [-0.4, -0.2) is 5.78 Å². The molecular weight excluding hydrogens is 172 g/mol. The molecule has 1 heteroatoms. The molecular formula is C13H18O. The summed E-state index contributed by atoms with van der Waals surface area (Å²) < 4.78 is 0. The van der Waals surface area contributed by atoms with Gasteiger partial charge < -0.3 is 0 Å². The number of hydrogen-bond donors (Lipinski definition) is 0. The van der Waals surface area contributed by atoms with E-state index in [0.717, 1.165) is 12.8 Å². The number of ketones is 1. The van der Waals surface area contributed by atoms with Crippen LogP contribution in [0.2, 0.25) is 0 Å². The predicted molar refractivity (Wildman–Crippen MR) is 57.8 cm³/mol. The Morgan fingerprint density at radius 3 is 2.86 bits per heavy atom. The summed E-state index contributed by atoms with van der Waals surface area (Å²) in [5, 5.41) is 0. The molecule has 0 aliphatic heterocycles. The molecule has 0 aromatic carbocycles. The SMILES string of the molecule is C=C[C@H](C)[C@@H]1CC2=CC(=O)C[C@@H]2[C@@H]1C. The van der Waals surface area contributed by atoms with Crippen LogP contribution in [0.1, 0.15) is 26.7 Å². The molecule has 0 spiro atoms. The highest BCUT2D eigenvalue weighted by Crippen LogP contribution is 2.48. The van der Waals surface area contributed by atoms with Crippen LogP contribution in [0.3, 0.4) is 0 Å². The maximum Gasteiger partial charge on any atom is 0.156 e. The number of allylic oxidation sites excluding steroid dienone is 3. The first-order valence-corrected chi connectivity index (χ1v) is 5.49. The highest BCUT2D eigenvalue weighted by Gasteiger charge is 2.41. The average Bonchev–Trinajstić information content (AvgIpc) is 2.64. The first-order chi connectivity index (χ1) is 6.63. The third kappa shape index (κ3) is 1.35. The number of rotatable bonds is 2. The van der Waals surface area contributed by atoms with E-state index in [4.69, 9.17) is 0 Å². The molecule has 0 heterocycles. The largest absolute Gasteiger partial charge is 0.295 e. The normalized spacial score (nSPS) is 38.0. The van der Waals surface area contributed by atoms with Gasteiger partial charge in [0.2, 0.25) is 0 Å². The highest BCUT2D eigenvalue weighted by atomic mass is 16.1. The second-order valence-corrected chi connectivity index (χ2v) is 4.82. The lowest BCUT2D eigenvalue weighted by molar-refractivity contribution is -0.114. The molecule has 4 atom stereocenters.